The summed E-state index contributed by atoms with van der Waals surface area (Å²) in [7, 11) is 0. The highest BCUT2D eigenvalue weighted by molar-refractivity contribution is 6.33. The minimum atomic E-state index is -0.408. The molecule has 0 aliphatic heterocycles. The van der Waals surface area contributed by atoms with Crippen LogP contribution in [0.25, 0.3) is 0 Å². The number of amides is 2. The van der Waals surface area contributed by atoms with Gasteiger partial charge < -0.3 is 5.32 Å². The molecule has 0 bridgehead atoms. The molecule has 25 heavy (non-hydrogen) atoms. The summed E-state index contributed by atoms with van der Waals surface area (Å²) in [6.45, 7) is 2.24. The molecule has 2 rings (SSSR count). The first kappa shape index (κ1) is 18.7. The molecule has 2 aromatic carbocycles. The molecule has 0 saturated carbocycles. The van der Waals surface area contributed by atoms with Crippen molar-refractivity contribution in [3.05, 3.63) is 70.7 Å². The number of carbonyl (C=O) groups excluding carboxylic acids is 2. The molecule has 0 heterocycles. The number of carbonyl (C=O) groups is 2. The minimum Gasteiger partial charge on any atom is -0.355 e. The van der Waals surface area contributed by atoms with Crippen molar-refractivity contribution >= 4 is 29.1 Å². The van der Waals surface area contributed by atoms with Crippen molar-refractivity contribution in [2.24, 2.45) is 5.10 Å². The molecule has 0 aliphatic rings. The van der Waals surface area contributed by atoms with Gasteiger partial charge in [0.2, 0.25) is 5.91 Å². The zero-order valence-corrected chi connectivity index (χ0v) is 14.7. The molecule has 0 unspecified atom stereocenters. The third-order valence-electron chi connectivity index (χ3n) is 3.46. The van der Waals surface area contributed by atoms with Crippen molar-refractivity contribution in [1.29, 1.82) is 0 Å². The summed E-state index contributed by atoms with van der Waals surface area (Å²) in [6, 6.07) is 16.6. The van der Waals surface area contributed by atoms with Gasteiger partial charge in [-0.15, -0.1) is 0 Å². The van der Waals surface area contributed by atoms with Gasteiger partial charge in [0, 0.05) is 12.3 Å². The van der Waals surface area contributed by atoms with Crippen LogP contribution >= 0.6 is 11.6 Å². The minimum absolute atomic E-state index is 0.123. The standard InChI is InChI=1S/C19H20ClN3O2/c1-14(22-23-19(25)16-9-5-6-10-17(16)20)13-18(24)21-12-11-15-7-3-2-4-8-15/h2-10H,11-13H2,1H3,(H,21,24)(H,23,25). The Kier molecular flexibility index (Phi) is 7.16. The van der Waals surface area contributed by atoms with Gasteiger partial charge in [0.15, 0.2) is 0 Å². The third-order valence-corrected chi connectivity index (χ3v) is 3.79. The van der Waals surface area contributed by atoms with Gasteiger partial charge in [0.25, 0.3) is 5.91 Å². The Morgan fingerprint density at radius 1 is 1.04 bits per heavy atom. The molecule has 0 atom stereocenters. The van der Waals surface area contributed by atoms with Gasteiger partial charge in [-0.25, -0.2) is 5.43 Å². The largest absolute Gasteiger partial charge is 0.355 e. The lowest BCUT2D eigenvalue weighted by molar-refractivity contribution is -0.119. The second kappa shape index (κ2) is 9.59. The van der Waals surface area contributed by atoms with Gasteiger partial charge in [-0.2, -0.15) is 5.10 Å². The van der Waals surface area contributed by atoms with E-state index in [0.717, 1.165) is 6.42 Å². The summed E-state index contributed by atoms with van der Waals surface area (Å²) in [5, 5.41) is 7.14. The molecule has 0 fully saturated rings. The first-order valence-electron chi connectivity index (χ1n) is 7.95. The normalized spacial score (nSPS) is 11.0. The van der Waals surface area contributed by atoms with Crippen LogP contribution in [0.1, 0.15) is 29.3 Å². The number of rotatable bonds is 7. The average molecular weight is 358 g/mol. The van der Waals surface area contributed by atoms with Crippen molar-refractivity contribution in [2.75, 3.05) is 6.54 Å². The van der Waals surface area contributed by atoms with E-state index in [-0.39, 0.29) is 12.3 Å². The lowest BCUT2D eigenvalue weighted by Gasteiger charge is -2.06. The van der Waals surface area contributed by atoms with Gasteiger partial charge in [-0.3, -0.25) is 9.59 Å². The van der Waals surface area contributed by atoms with Crippen molar-refractivity contribution in [3.8, 4) is 0 Å². The molecular weight excluding hydrogens is 338 g/mol. The van der Waals surface area contributed by atoms with Crippen LogP contribution in [0.4, 0.5) is 0 Å². The number of hydrogen-bond acceptors (Lipinski definition) is 3. The summed E-state index contributed by atoms with van der Waals surface area (Å²) < 4.78 is 0. The SMILES string of the molecule is CC(CC(=O)NCCc1ccccc1)=NNC(=O)c1ccccc1Cl. The molecule has 6 heteroatoms. The molecule has 0 aromatic heterocycles. The van der Waals surface area contributed by atoms with E-state index >= 15 is 0 Å². The zero-order chi connectivity index (χ0) is 18.1. The molecular formula is C19H20ClN3O2. The number of nitrogens with zero attached hydrogens (tertiary/aromatic N) is 1. The van der Waals surface area contributed by atoms with E-state index in [9.17, 15) is 9.59 Å². The third kappa shape index (κ3) is 6.39. The quantitative estimate of drug-likeness (QED) is 0.590. The van der Waals surface area contributed by atoms with Gasteiger partial charge in [0.05, 0.1) is 17.0 Å². The molecule has 2 N–H and O–H groups in total. The van der Waals surface area contributed by atoms with Gasteiger partial charge in [0.1, 0.15) is 0 Å². The maximum absolute atomic E-state index is 12.0. The Morgan fingerprint density at radius 3 is 2.44 bits per heavy atom. The molecule has 5 nitrogen and oxygen atoms in total. The van der Waals surface area contributed by atoms with E-state index < -0.39 is 5.91 Å². The summed E-state index contributed by atoms with van der Waals surface area (Å²) in [4.78, 5) is 23.9. The molecule has 0 saturated heterocycles. The monoisotopic (exact) mass is 357 g/mol. The maximum atomic E-state index is 12.0. The van der Waals surface area contributed by atoms with Crippen LogP contribution in [0, 0.1) is 0 Å². The first-order chi connectivity index (χ1) is 12.1. The van der Waals surface area contributed by atoms with Gasteiger partial charge in [-0.05, 0) is 31.0 Å². The second-order valence-electron chi connectivity index (χ2n) is 5.53. The number of nitrogens with one attached hydrogen (secondary N) is 2. The van der Waals surface area contributed by atoms with Crippen LogP contribution in [0.15, 0.2) is 59.7 Å². The Balaban J connectivity index is 1.75. The smallest absolute Gasteiger partial charge is 0.272 e. The number of halogens is 1. The molecule has 130 valence electrons. The van der Waals surface area contributed by atoms with Gasteiger partial charge >= 0.3 is 0 Å². The summed E-state index contributed by atoms with van der Waals surface area (Å²) in [5.41, 5.74) is 4.43. The fourth-order valence-corrected chi connectivity index (χ4v) is 2.40. The Labute approximate surface area is 152 Å². The van der Waals surface area contributed by atoms with E-state index in [1.165, 1.54) is 5.56 Å². The van der Waals surface area contributed by atoms with E-state index in [0.29, 0.717) is 22.8 Å². The highest BCUT2D eigenvalue weighted by Gasteiger charge is 2.09. The predicted octanol–water partition coefficient (Wildman–Crippen LogP) is 3.19. The van der Waals surface area contributed by atoms with Crippen molar-refractivity contribution in [2.45, 2.75) is 19.8 Å². The summed E-state index contributed by atoms with van der Waals surface area (Å²) in [5.74, 6) is -0.543. The molecule has 0 spiro atoms. The topological polar surface area (TPSA) is 70.6 Å². The predicted molar refractivity (Wildman–Crippen MR) is 99.8 cm³/mol. The maximum Gasteiger partial charge on any atom is 0.272 e. The second-order valence-corrected chi connectivity index (χ2v) is 5.94. The van der Waals surface area contributed by atoms with E-state index in [2.05, 4.69) is 15.8 Å². The highest BCUT2D eigenvalue weighted by Crippen LogP contribution is 2.14. The highest BCUT2D eigenvalue weighted by atomic mass is 35.5. The van der Waals surface area contributed by atoms with Crippen molar-refractivity contribution in [1.82, 2.24) is 10.7 Å². The molecule has 0 radical (unpaired) electrons. The Bertz CT molecular complexity index is 760. The van der Waals surface area contributed by atoms with Crippen LogP contribution in [0.2, 0.25) is 5.02 Å². The zero-order valence-electron chi connectivity index (χ0n) is 14.0. The lowest BCUT2D eigenvalue weighted by Crippen LogP contribution is -2.28. The van der Waals surface area contributed by atoms with Crippen LogP contribution in [-0.2, 0) is 11.2 Å². The fourth-order valence-electron chi connectivity index (χ4n) is 2.18. The lowest BCUT2D eigenvalue weighted by atomic mass is 10.1. The van der Waals surface area contributed by atoms with Crippen molar-refractivity contribution in [3.63, 3.8) is 0 Å². The van der Waals surface area contributed by atoms with E-state index in [1.807, 2.05) is 30.3 Å². The van der Waals surface area contributed by atoms with E-state index in [1.54, 1.807) is 31.2 Å². The average Bonchev–Trinajstić information content (AvgIpc) is 2.61. The molecule has 2 amide bonds. The Morgan fingerprint density at radius 2 is 1.72 bits per heavy atom. The van der Waals surface area contributed by atoms with Crippen molar-refractivity contribution < 1.29 is 9.59 Å². The van der Waals surface area contributed by atoms with Crippen LogP contribution < -0.4 is 10.7 Å². The fraction of sp³-hybridized carbons (Fsp3) is 0.211. The molecule has 0 aliphatic carbocycles. The number of hydrazone groups is 1. The van der Waals surface area contributed by atoms with Crippen LogP contribution in [-0.4, -0.2) is 24.1 Å². The first-order valence-corrected chi connectivity index (χ1v) is 8.32. The number of benzene rings is 2. The van der Waals surface area contributed by atoms with Gasteiger partial charge in [-0.1, -0.05) is 54.1 Å². The molecule has 2 aromatic rings. The van der Waals surface area contributed by atoms with Crippen LogP contribution in [0.3, 0.4) is 0 Å². The summed E-state index contributed by atoms with van der Waals surface area (Å²) >= 11 is 5.95. The Hall–Kier alpha value is -2.66. The van der Waals surface area contributed by atoms with E-state index in [4.69, 9.17) is 11.6 Å². The summed E-state index contributed by atoms with van der Waals surface area (Å²) in [6.07, 6.45) is 0.892. The number of hydrogen-bond donors (Lipinski definition) is 2. The van der Waals surface area contributed by atoms with Crippen LogP contribution in [0.5, 0.6) is 0 Å².